The minimum atomic E-state index is -0.0239. The van der Waals surface area contributed by atoms with Crippen LogP contribution >= 0.6 is 24.0 Å². The maximum atomic E-state index is 11.6. The first kappa shape index (κ1) is 16.2. The number of benzene rings is 1. The number of carbonyl (C=O) groups is 1. The van der Waals surface area contributed by atoms with E-state index in [2.05, 4.69) is 10.6 Å². The van der Waals surface area contributed by atoms with Crippen LogP contribution in [0, 0.1) is 5.92 Å². The number of amides is 1. The molecule has 1 rings (SSSR count). The summed E-state index contributed by atoms with van der Waals surface area (Å²) in [5.41, 5.74) is 1.01. The first-order valence-corrected chi connectivity index (χ1v) is 5.68. The average Bonchev–Trinajstić information content (AvgIpc) is 2.26. The first-order valence-electron chi connectivity index (χ1n) is 5.30. The van der Waals surface area contributed by atoms with Crippen molar-refractivity contribution in [2.75, 3.05) is 13.6 Å². The molecule has 0 saturated heterocycles. The standard InChI is InChI=1S/C12H17ClN2O.ClH/c1-9(7-14-2)12(16)15-8-10-4-3-5-11(13)6-10;/h3-6,9,14H,7-8H2,1-2H3,(H,15,16);1H. The van der Waals surface area contributed by atoms with Crippen molar-refractivity contribution in [3.63, 3.8) is 0 Å². The Bertz CT molecular complexity index is 358. The lowest BCUT2D eigenvalue weighted by Gasteiger charge is -2.11. The molecule has 0 aliphatic carbocycles. The molecule has 0 bridgehead atoms. The molecule has 1 amide bonds. The summed E-state index contributed by atoms with van der Waals surface area (Å²) in [5, 5.41) is 6.54. The largest absolute Gasteiger partial charge is 0.352 e. The molecule has 0 fully saturated rings. The summed E-state index contributed by atoms with van der Waals surface area (Å²) >= 11 is 5.85. The van der Waals surface area contributed by atoms with Crippen molar-refractivity contribution in [3.05, 3.63) is 34.9 Å². The quantitative estimate of drug-likeness (QED) is 0.866. The fourth-order valence-corrected chi connectivity index (χ4v) is 1.62. The van der Waals surface area contributed by atoms with E-state index in [-0.39, 0.29) is 24.2 Å². The Hall–Kier alpha value is -0.770. The number of rotatable bonds is 5. The molecule has 1 aromatic rings. The van der Waals surface area contributed by atoms with E-state index in [1.165, 1.54) is 0 Å². The van der Waals surface area contributed by atoms with E-state index >= 15 is 0 Å². The molecule has 96 valence electrons. The molecule has 0 radical (unpaired) electrons. The van der Waals surface area contributed by atoms with Crippen LogP contribution in [0.25, 0.3) is 0 Å². The second kappa shape index (κ2) is 8.34. The van der Waals surface area contributed by atoms with Crippen LogP contribution in [-0.4, -0.2) is 19.5 Å². The van der Waals surface area contributed by atoms with Gasteiger partial charge in [-0.25, -0.2) is 0 Å². The summed E-state index contributed by atoms with van der Waals surface area (Å²) in [5.74, 6) is 0.0264. The number of hydrogen-bond donors (Lipinski definition) is 2. The Labute approximate surface area is 113 Å². The van der Waals surface area contributed by atoms with Gasteiger partial charge in [-0.15, -0.1) is 12.4 Å². The number of nitrogens with one attached hydrogen (secondary N) is 2. The summed E-state index contributed by atoms with van der Waals surface area (Å²) < 4.78 is 0. The van der Waals surface area contributed by atoms with Gasteiger partial charge in [-0.1, -0.05) is 30.7 Å². The highest BCUT2D eigenvalue weighted by Gasteiger charge is 2.10. The molecule has 3 nitrogen and oxygen atoms in total. The number of carbonyl (C=O) groups excluding carboxylic acids is 1. The highest BCUT2D eigenvalue weighted by atomic mass is 35.5. The molecule has 0 saturated carbocycles. The Morgan fingerprint density at radius 3 is 2.76 bits per heavy atom. The predicted molar refractivity (Wildman–Crippen MR) is 73.6 cm³/mol. The highest BCUT2D eigenvalue weighted by molar-refractivity contribution is 6.30. The predicted octanol–water partition coefficient (Wildman–Crippen LogP) is 2.23. The summed E-state index contributed by atoms with van der Waals surface area (Å²) in [6.07, 6.45) is 0. The van der Waals surface area contributed by atoms with E-state index in [0.29, 0.717) is 18.1 Å². The minimum Gasteiger partial charge on any atom is -0.352 e. The maximum Gasteiger partial charge on any atom is 0.224 e. The van der Waals surface area contributed by atoms with Gasteiger partial charge in [0.25, 0.3) is 0 Å². The van der Waals surface area contributed by atoms with Gasteiger partial charge in [0.1, 0.15) is 0 Å². The van der Waals surface area contributed by atoms with Crippen molar-refractivity contribution in [3.8, 4) is 0 Å². The van der Waals surface area contributed by atoms with Crippen molar-refractivity contribution >= 4 is 29.9 Å². The van der Waals surface area contributed by atoms with E-state index in [1.807, 2.05) is 38.2 Å². The summed E-state index contributed by atoms with van der Waals surface area (Å²) in [6.45, 7) is 3.10. The molecule has 0 aromatic heterocycles. The second-order valence-corrected chi connectivity index (χ2v) is 4.24. The van der Waals surface area contributed by atoms with Gasteiger partial charge in [-0.05, 0) is 24.7 Å². The molecule has 17 heavy (non-hydrogen) atoms. The molecule has 0 aliphatic heterocycles. The lowest BCUT2D eigenvalue weighted by atomic mass is 10.1. The van der Waals surface area contributed by atoms with Crippen molar-refractivity contribution in [2.45, 2.75) is 13.5 Å². The summed E-state index contributed by atoms with van der Waals surface area (Å²) in [7, 11) is 1.83. The van der Waals surface area contributed by atoms with Crippen LogP contribution in [0.3, 0.4) is 0 Å². The SMILES string of the molecule is CNCC(C)C(=O)NCc1cccc(Cl)c1.Cl. The summed E-state index contributed by atoms with van der Waals surface area (Å²) in [4.78, 5) is 11.6. The molecule has 0 spiro atoms. The highest BCUT2D eigenvalue weighted by Crippen LogP contribution is 2.10. The third kappa shape index (κ3) is 5.91. The normalized spacial score (nSPS) is 11.5. The van der Waals surface area contributed by atoms with Crippen molar-refractivity contribution in [1.82, 2.24) is 10.6 Å². The van der Waals surface area contributed by atoms with Gasteiger partial charge < -0.3 is 10.6 Å². The zero-order valence-electron chi connectivity index (χ0n) is 10.00. The van der Waals surface area contributed by atoms with E-state index in [9.17, 15) is 4.79 Å². The van der Waals surface area contributed by atoms with Crippen LogP contribution in [0.1, 0.15) is 12.5 Å². The van der Waals surface area contributed by atoms with Crippen LogP contribution in [0.15, 0.2) is 24.3 Å². The Kier molecular flexibility index (Phi) is 7.96. The zero-order chi connectivity index (χ0) is 12.0. The molecule has 1 aromatic carbocycles. The molecular weight excluding hydrogens is 259 g/mol. The van der Waals surface area contributed by atoms with E-state index in [4.69, 9.17) is 11.6 Å². The fourth-order valence-electron chi connectivity index (χ4n) is 1.41. The second-order valence-electron chi connectivity index (χ2n) is 3.81. The molecule has 1 unspecified atom stereocenters. The molecular formula is C12H18Cl2N2O. The molecule has 5 heteroatoms. The molecule has 0 aliphatic rings. The average molecular weight is 277 g/mol. The third-order valence-corrected chi connectivity index (χ3v) is 2.55. The van der Waals surface area contributed by atoms with Gasteiger partial charge in [0, 0.05) is 24.0 Å². The van der Waals surface area contributed by atoms with Gasteiger partial charge >= 0.3 is 0 Å². The smallest absolute Gasteiger partial charge is 0.224 e. The topological polar surface area (TPSA) is 41.1 Å². The first-order chi connectivity index (χ1) is 7.63. The van der Waals surface area contributed by atoms with Gasteiger partial charge in [0.15, 0.2) is 0 Å². The Morgan fingerprint density at radius 2 is 2.18 bits per heavy atom. The monoisotopic (exact) mass is 276 g/mol. The van der Waals surface area contributed by atoms with Crippen molar-refractivity contribution in [1.29, 1.82) is 0 Å². The van der Waals surface area contributed by atoms with Gasteiger partial charge in [-0.2, -0.15) is 0 Å². The fraction of sp³-hybridized carbons (Fsp3) is 0.417. The minimum absolute atomic E-state index is 0. The number of hydrogen-bond acceptors (Lipinski definition) is 2. The van der Waals surface area contributed by atoms with Crippen molar-refractivity contribution < 1.29 is 4.79 Å². The summed E-state index contributed by atoms with van der Waals surface area (Å²) in [6, 6.07) is 7.48. The van der Waals surface area contributed by atoms with Crippen LogP contribution in [0.2, 0.25) is 5.02 Å². The van der Waals surface area contributed by atoms with Crippen LogP contribution < -0.4 is 10.6 Å². The van der Waals surface area contributed by atoms with Gasteiger partial charge in [0.2, 0.25) is 5.91 Å². The Morgan fingerprint density at radius 1 is 1.47 bits per heavy atom. The lowest BCUT2D eigenvalue weighted by molar-refractivity contribution is -0.124. The molecule has 2 N–H and O–H groups in total. The van der Waals surface area contributed by atoms with Gasteiger partial charge in [0.05, 0.1) is 0 Å². The van der Waals surface area contributed by atoms with E-state index in [0.717, 1.165) is 5.56 Å². The molecule has 1 atom stereocenters. The van der Waals surface area contributed by atoms with Crippen LogP contribution in [0.5, 0.6) is 0 Å². The van der Waals surface area contributed by atoms with Crippen molar-refractivity contribution in [2.24, 2.45) is 5.92 Å². The molecule has 0 heterocycles. The zero-order valence-corrected chi connectivity index (χ0v) is 11.6. The van der Waals surface area contributed by atoms with Gasteiger partial charge in [-0.3, -0.25) is 4.79 Å². The van der Waals surface area contributed by atoms with E-state index < -0.39 is 0 Å². The third-order valence-electron chi connectivity index (χ3n) is 2.31. The number of halogens is 2. The Balaban J connectivity index is 0.00000256. The maximum absolute atomic E-state index is 11.6. The van der Waals surface area contributed by atoms with E-state index in [1.54, 1.807) is 0 Å². The van der Waals surface area contributed by atoms with Crippen LogP contribution in [0.4, 0.5) is 0 Å². The lowest BCUT2D eigenvalue weighted by Crippen LogP contribution is -2.33. The van der Waals surface area contributed by atoms with Crippen LogP contribution in [-0.2, 0) is 11.3 Å².